The second-order valence-electron chi connectivity index (χ2n) is 9.02. The maximum Gasteiger partial charge on any atom is 0.311 e. The lowest BCUT2D eigenvalue weighted by atomic mass is 10.0. The number of amides is 2. The average Bonchev–Trinajstić information content (AvgIpc) is 2.94. The first kappa shape index (κ1) is 29.1. The highest BCUT2D eigenvalue weighted by Gasteiger charge is 2.32. The molecule has 0 bridgehead atoms. The highest BCUT2D eigenvalue weighted by Crippen LogP contribution is 2.31. The van der Waals surface area contributed by atoms with Crippen molar-refractivity contribution in [3.8, 4) is 11.5 Å². The molecule has 0 aromatic heterocycles. The van der Waals surface area contributed by atoms with Gasteiger partial charge >= 0.3 is 5.69 Å². The zero-order valence-electron chi connectivity index (χ0n) is 22.1. The Labute approximate surface area is 226 Å². The van der Waals surface area contributed by atoms with Crippen LogP contribution in [0.15, 0.2) is 72.8 Å². The Bertz CT molecular complexity index is 1290. The van der Waals surface area contributed by atoms with Gasteiger partial charge in [-0.25, -0.2) is 4.39 Å². The van der Waals surface area contributed by atoms with E-state index in [2.05, 4.69) is 5.32 Å². The summed E-state index contributed by atoms with van der Waals surface area (Å²) in [5, 5.41) is 14.1. The number of ether oxygens (including phenoxy) is 2. The van der Waals surface area contributed by atoms with Crippen LogP contribution in [-0.4, -0.2) is 47.4 Å². The number of nitrogens with zero attached hydrogens (tertiary/aromatic N) is 2. The van der Waals surface area contributed by atoms with E-state index in [0.717, 1.165) is 5.56 Å². The topological polar surface area (TPSA) is 111 Å². The molecule has 3 aromatic carbocycles. The van der Waals surface area contributed by atoms with Gasteiger partial charge < -0.3 is 19.7 Å². The van der Waals surface area contributed by atoms with Gasteiger partial charge in [0.2, 0.25) is 11.7 Å². The Hall–Kier alpha value is -4.47. The molecule has 0 saturated carbocycles. The number of hydrogen-bond donors (Lipinski definition) is 1. The lowest BCUT2D eigenvalue weighted by molar-refractivity contribution is -0.385. The van der Waals surface area contributed by atoms with Crippen molar-refractivity contribution in [3.63, 3.8) is 0 Å². The lowest BCUT2D eigenvalue weighted by Gasteiger charge is -2.32. The van der Waals surface area contributed by atoms with Crippen LogP contribution in [-0.2, 0) is 22.6 Å². The number of nitro groups is 1. The van der Waals surface area contributed by atoms with Crippen LogP contribution in [0.5, 0.6) is 11.5 Å². The Balaban J connectivity index is 1.93. The van der Waals surface area contributed by atoms with E-state index in [1.807, 2.05) is 44.2 Å². The van der Waals surface area contributed by atoms with Crippen LogP contribution in [0.3, 0.4) is 0 Å². The maximum atomic E-state index is 14.7. The predicted molar refractivity (Wildman–Crippen MR) is 144 cm³/mol. The summed E-state index contributed by atoms with van der Waals surface area (Å²) in [6.45, 7) is 3.15. The summed E-state index contributed by atoms with van der Waals surface area (Å²) in [6.07, 6.45) is 0.894. The van der Waals surface area contributed by atoms with Gasteiger partial charge in [-0.1, -0.05) is 55.5 Å². The fourth-order valence-corrected chi connectivity index (χ4v) is 3.93. The largest absolute Gasteiger partial charge is 0.490 e. The van der Waals surface area contributed by atoms with Gasteiger partial charge in [0.25, 0.3) is 5.91 Å². The monoisotopic (exact) mass is 537 g/mol. The van der Waals surface area contributed by atoms with Crippen LogP contribution in [0.1, 0.15) is 31.4 Å². The number of halogens is 1. The van der Waals surface area contributed by atoms with Gasteiger partial charge in [-0.2, -0.15) is 0 Å². The lowest BCUT2D eigenvalue weighted by Crippen LogP contribution is -2.53. The summed E-state index contributed by atoms with van der Waals surface area (Å²) in [7, 11) is 1.29. The van der Waals surface area contributed by atoms with Crippen LogP contribution in [0.2, 0.25) is 0 Å². The Kier molecular flexibility index (Phi) is 10.4. The second-order valence-corrected chi connectivity index (χ2v) is 9.02. The quantitative estimate of drug-likeness (QED) is 0.250. The molecule has 0 heterocycles. The van der Waals surface area contributed by atoms with Crippen molar-refractivity contribution in [2.45, 2.75) is 45.3 Å². The SMILES string of the molecule is CC[C@H](C)NC(=O)[C@@H](Cc1ccccc1)N(Cc1ccccc1F)C(=O)COc1ccc([N+](=O)[O-])c(OC)c1. The van der Waals surface area contributed by atoms with Gasteiger partial charge in [0.05, 0.1) is 12.0 Å². The third-order valence-corrected chi connectivity index (χ3v) is 6.28. The zero-order valence-corrected chi connectivity index (χ0v) is 22.1. The number of rotatable bonds is 13. The van der Waals surface area contributed by atoms with Crippen molar-refractivity contribution in [1.82, 2.24) is 10.2 Å². The molecule has 3 aromatic rings. The number of benzene rings is 3. The molecule has 0 radical (unpaired) electrons. The molecule has 0 spiro atoms. The Morgan fingerprint density at radius 1 is 1.08 bits per heavy atom. The molecule has 9 nitrogen and oxygen atoms in total. The van der Waals surface area contributed by atoms with Crippen molar-refractivity contribution in [3.05, 3.63) is 99.9 Å². The third kappa shape index (κ3) is 8.00. The number of nitro benzene ring substituents is 1. The minimum absolute atomic E-state index is 0.0250. The molecule has 10 heteroatoms. The molecule has 0 aliphatic heterocycles. The highest BCUT2D eigenvalue weighted by molar-refractivity contribution is 5.88. The van der Waals surface area contributed by atoms with Gasteiger partial charge in [0, 0.05) is 36.7 Å². The van der Waals surface area contributed by atoms with Gasteiger partial charge in [0.15, 0.2) is 6.61 Å². The molecule has 3 rings (SSSR count). The molecule has 0 aliphatic rings. The summed E-state index contributed by atoms with van der Waals surface area (Å²) in [6, 6.07) is 18.1. The Morgan fingerprint density at radius 3 is 2.41 bits per heavy atom. The van der Waals surface area contributed by atoms with Gasteiger partial charge in [-0.15, -0.1) is 0 Å². The van der Waals surface area contributed by atoms with E-state index in [-0.39, 0.29) is 47.7 Å². The molecular weight excluding hydrogens is 505 g/mol. The van der Waals surface area contributed by atoms with E-state index in [1.54, 1.807) is 18.2 Å². The van der Waals surface area contributed by atoms with Crippen molar-refractivity contribution in [2.75, 3.05) is 13.7 Å². The van der Waals surface area contributed by atoms with E-state index >= 15 is 0 Å². The number of carbonyl (C=O) groups is 2. The summed E-state index contributed by atoms with van der Waals surface area (Å²) in [5.41, 5.74) is 0.827. The molecule has 0 unspecified atom stereocenters. The van der Waals surface area contributed by atoms with E-state index < -0.39 is 29.3 Å². The molecule has 1 N–H and O–H groups in total. The van der Waals surface area contributed by atoms with E-state index in [4.69, 9.17) is 9.47 Å². The molecule has 39 heavy (non-hydrogen) atoms. The fraction of sp³-hybridized carbons (Fsp3) is 0.310. The molecule has 0 fully saturated rings. The van der Waals surface area contributed by atoms with Gasteiger partial charge in [-0.3, -0.25) is 19.7 Å². The van der Waals surface area contributed by atoms with Gasteiger partial charge in [0.1, 0.15) is 17.6 Å². The van der Waals surface area contributed by atoms with E-state index in [0.29, 0.717) is 6.42 Å². The molecular formula is C29H32FN3O6. The molecule has 0 saturated heterocycles. The standard InChI is InChI=1S/C29H32FN3O6/c1-4-20(2)31-29(35)26(16-21-10-6-5-7-11-21)32(18-22-12-8-9-13-24(22)30)28(34)19-39-23-14-15-25(33(36)37)27(17-23)38-3/h5-15,17,20,26H,4,16,18-19H2,1-3H3,(H,31,35)/t20-,26+/m0/s1. The molecule has 2 atom stereocenters. The number of carbonyl (C=O) groups excluding carboxylic acids is 2. The average molecular weight is 538 g/mol. The molecule has 2 amide bonds. The first-order valence-electron chi connectivity index (χ1n) is 12.6. The maximum absolute atomic E-state index is 14.7. The number of hydrogen-bond acceptors (Lipinski definition) is 6. The van der Waals surface area contributed by atoms with E-state index in [1.165, 1.54) is 36.3 Å². The Morgan fingerprint density at radius 2 is 1.77 bits per heavy atom. The highest BCUT2D eigenvalue weighted by atomic mass is 19.1. The first-order valence-corrected chi connectivity index (χ1v) is 12.6. The van der Waals surface area contributed by atoms with Crippen molar-refractivity contribution in [1.29, 1.82) is 0 Å². The third-order valence-electron chi connectivity index (χ3n) is 6.28. The fourth-order valence-electron chi connectivity index (χ4n) is 3.93. The van der Waals surface area contributed by atoms with E-state index in [9.17, 15) is 24.1 Å². The zero-order chi connectivity index (χ0) is 28.4. The van der Waals surface area contributed by atoms with Crippen LogP contribution in [0.4, 0.5) is 10.1 Å². The van der Waals surface area contributed by atoms with Crippen molar-refractivity contribution < 1.29 is 28.4 Å². The van der Waals surface area contributed by atoms with Crippen LogP contribution < -0.4 is 14.8 Å². The summed E-state index contributed by atoms with van der Waals surface area (Å²) in [4.78, 5) is 39.0. The summed E-state index contributed by atoms with van der Waals surface area (Å²) in [5.74, 6) is -1.29. The normalized spacial score (nSPS) is 12.2. The van der Waals surface area contributed by atoms with Crippen molar-refractivity contribution >= 4 is 17.5 Å². The molecule has 0 aliphatic carbocycles. The summed E-state index contributed by atoms with van der Waals surface area (Å²) < 4.78 is 25.4. The molecule has 206 valence electrons. The predicted octanol–water partition coefficient (Wildman–Crippen LogP) is 4.68. The number of nitrogens with one attached hydrogen (secondary N) is 1. The van der Waals surface area contributed by atoms with Crippen molar-refractivity contribution in [2.24, 2.45) is 0 Å². The second kappa shape index (κ2) is 13.9. The van der Waals surface area contributed by atoms with Crippen LogP contribution >= 0.6 is 0 Å². The minimum atomic E-state index is -0.955. The first-order chi connectivity index (χ1) is 18.7. The van der Waals surface area contributed by atoms with Gasteiger partial charge in [-0.05, 0) is 31.0 Å². The minimum Gasteiger partial charge on any atom is -0.490 e. The smallest absolute Gasteiger partial charge is 0.311 e. The van der Waals surface area contributed by atoms with Crippen LogP contribution in [0, 0.1) is 15.9 Å². The number of methoxy groups -OCH3 is 1. The van der Waals surface area contributed by atoms with Crippen LogP contribution in [0.25, 0.3) is 0 Å². The summed E-state index contributed by atoms with van der Waals surface area (Å²) >= 11 is 0.